The van der Waals surface area contributed by atoms with Crippen LogP contribution in [0.3, 0.4) is 0 Å². The molecule has 3 unspecified atom stereocenters. The summed E-state index contributed by atoms with van der Waals surface area (Å²) in [5.74, 6) is 0. The Bertz CT molecular complexity index is 309. The molecule has 10 heteroatoms. The first kappa shape index (κ1) is 19.3. The van der Waals surface area contributed by atoms with Crippen LogP contribution in [0.4, 0.5) is 39.5 Å². The van der Waals surface area contributed by atoms with Crippen molar-refractivity contribution < 1.29 is 44.3 Å². The van der Waals surface area contributed by atoms with Gasteiger partial charge in [-0.2, -0.15) is 26.3 Å². The molecule has 20 heavy (non-hydrogen) atoms. The second-order valence-corrected chi connectivity index (χ2v) is 4.35. The van der Waals surface area contributed by atoms with Gasteiger partial charge in [0.25, 0.3) is 5.67 Å². The van der Waals surface area contributed by atoms with Crippen LogP contribution in [-0.2, 0) is 4.74 Å². The Morgan fingerprint density at radius 1 is 0.900 bits per heavy atom. The third-order valence-corrected chi connectivity index (χ3v) is 2.56. The van der Waals surface area contributed by atoms with Gasteiger partial charge in [-0.15, -0.1) is 0 Å². The number of rotatable bonds is 6. The standard InChI is InChI=1S/C10H13F9O/c1-3-4-20-5-8(13,10(17,18)19)6(11)7(2,12)9(14,15)16/h6H,3-5H2,1-2H3. The zero-order valence-corrected chi connectivity index (χ0v) is 10.5. The zero-order valence-electron chi connectivity index (χ0n) is 10.5. The predicted octanol–water partition coefficient (Wildman–Crippen LogP) is 4.31. The van der Waals surface area contributed by atoms with Crippen LogP contribution in [0, 0.1) is 0 Å². The minimum Gasteiger partial charge on any atom is -0.378 e. The summed E-state index contributed by atoms with van der Waals surface area (Å²) in [6, 6.07) is 0. The van der Waals surface area contributed by atoms with Crippen molar-refractivity contribution in [2.45, 2.75) is 50.1 Å². The largest absolute Gasteiger partial charge is 0.427 e. The molecule has 0 aromatic rings. The smallest absolute Gasteiger partial charge is 0.378 e. The van der Waals surface area contributed by atoms with Gasteiger partial charge in [0.1, 0.15) is 0 Å². The fraction of sp³-hybridized carbons (Fsp3) is 1.00. The average Bonchev–Trinajstić information content (AvgIpc) is 2.24. The Morgan fingerprint density at radius 3 is 1.65 bits per heavy atom. The Kier molecular flexibility index (Phi) is 5.78. The van der Waals surface area contributed by atoms with Crippen LogP contribution in [0.25, 0.3) is 0 Å². The Hall–Kier alpha value is -0.670. The topological polar surface area (TPSA) is 9.23 Å². The second-order valence-electron chi connectivity index (χ2n) is 4.35. The molecular weight excluding hydrogens is 307 g/mol. The molecule has 0 rings (SSSR count). The minimum absolute atomic E-state index is 0.122. The van der Waals surface area contributed by atoms with Crippen molar-refractivity contribution in [1.82, 2.24) is 0 Å². The number of halogens is 9. The van der Waals surface area contributed by atoms with E-state index in [4.69, 9.17) is 0 Å². The molecule has 0 fully saturated rings. The van der Waals surface area contributed by atoms with E-state index in [1.165, 1.54) is 6.92 Å². The maximum absolute atomic E-state index is 13.7. The third kappa shape index (κ3) is 3.70. The van der Waals surface area contributed by atoms with E-state index in [1.54, 1.807) is 0 Å². The van der Waals surface area contributed by atoms with Crippen molar-refractivity contribution in [3.63, 3.8) is 0 Å². The number of hydrogen-bond donors (Lipinski definition) is 0. The molecule has 0 N–H and O–H groups in total. The van der Waals surface area contributed by atoms with E-state index < -0.39 is 50.0 Å². The van der Waals surface area contributed by atoms with Crippen LogP contribution in [-0.4, -0.2) is 43.1 Å². The highest BCUT2D eigenvalue weighted by Crippen LogP contribution is 2.48. The van der Waals surface area contributed by atoms with E-state index in [2.05, 4.69) is 4.74 Å². The van der Waals surface area contributed by atoms with Crippen molar-refractivity contribution in [2.75, 3.05) is 13.2 Å². The maximum atomic E-state index is 13.7. The molecule has 0 radical (unpaired) electrons. The van der Waals surface area contributed by atoms with Gasteiger partial charge >= 0.3 is 12.4 Å². The average molecular weight is 320 g/mol. The predicted molar refractivity (Wildman–Crippen MR) is 51.5 cm³/mol. The van der Waals surface area contributed by atoms with Gasteiger partial charge in [0.05, 0.1) is 6.61 Å². The fourth-order valence-electron chi connectivity index (χ4n) is 1.24. The summed E-state index contributed by atoms with van der Waals surface area (Å²) in [6.45, 7) is -1.56. The van der Waals surface area contributed by atoms with Crippen molar-refractivity contribution in [3.05, 3.63) is 0 Å². The number of hydrogen-bond acceptors (Lipinski definition) is 1. The Balaban J connectivity index is 5.44. The summed E-state index contributed by atoms with van der Waals surface area (Å²) in [7, 11) is 0. The lowest BCUT2D eigenvalue weighted by Crippen LogP contribution is -2.63. The van der Waals surface area contributed by atoms with E-state index >= 15 is 0 Å². The lowest BCUT2D eigenvalue weighted by Gasteiger charge is -2.37. The lowest BCUT2D eigenvalue weighted by atomic mass is 9.87. The SMILES string of the molecule is CCCOCC(F)(C(F)C(C)(F)C(F)(F)F)C(F)(F)F. The van der Waals surface area contributed by atoms with Gasteiger partial charge < -0.3 is 4.74 Å². The highest BCUT2D eigenvalue weighted by atomic mass is 19.4. The van der Waals surface area contributed by atoms with E-state index in [0.717, 1.165) is 0 Å². The van der Waals surface area contributed by atoms with Crippen molar-refractivity contribution in [3.8, 4) is 0 Å². The first-order chi connectivity index (χ1) is 8.72. The summed E-state index contributed by atoms with van der Waals surface area (Å²) >= 11 is 0. The van der Waals surface area contributed by atoms with Crippen LogP contribution in [0.5, 0.6) is 0 Å². The number of ether oxygens (including phenoxy) is 1. The van der Waals surface area contributed by atoms with Crippen LogP contribution in [0.1, 0.15) is 20.3 Å². The molecule has 0 aromatic carbocycles. The lowest BCUT2D eigenvalue weighted by molar-refractivity contribution is -0.313. The molecule has 0 amide bonds. The van der Waals surface area contributed by atoms with Gasteiger partial charge in [-0.25, -0.2) is 13.2 Å². The van der Waals surface area contributed by atoms with E-state index in [-0.39, 0.29) is 6.42 Å². The molecule has 0 aliphatic heterocycles. The Labute approximate surface area is 109 Å². The highest BCUT2D eigenvalue weighted by Gasteiger charge is 2.72. The molecule has 0 bridgehead atoms. The van der Waals surface area contributed by atoms with Crippen LogP contribution < -0.4 is 0 Å². The van der Waals surface area contributed by atoms with Gasteiger partial charge in [0.2, 0.25) is 5.67 Å². The van der Waals surface area contributed by atoms with Crippen molar-refractivity contribution >= 4 is 0 Å². The summed E-state index contributed by atoms with van der Waals surface area (Å²) in [6.07, 6.45) is -16.4. The first-order valence-corrected chi connectivity index (χ1v) is 5.45. The van der Waals surface area contributed by atoms with Crippen molar-refractivity contribution in [2.24, 2.45) is 0 Å². The fourth-order valence-corrected chi connectivity index (χ4v) is 1.24. The first-order valence-electron chi connectivity index (χ1n) is 5.45. The zero-order chi connectivity index (χ0) is 16.4. The second kappa shape index (κ2) is 5.98. The minimum atomic E-state index is -6.06. The molecule has 0 saturated heterocycles. The van der Waals surface area contributed by atoms with Crippen molar-refractivity contribution in [1.29, 1.82) is 0 Å². The van der Waals surface area contributed by atoms with Gasteiger partial charge in [-0.1, -0.05) is 6.92 Å². The van der Waals surface area contributed by atoms with E-state index in [0.29, 0.717) is 0 Å². The molecule has 3 atom stereocenters. The Morgan fingerprint density at radius 2 is 1.35 bits per heavy atom. The molecule has 0 aliphatic carbocycles. The van der Waals surface area contributed by atoms with Crippen LogP contribution in [0.15, 0.2) is 0 Å². The summed E-state index contributed by atoms with van der Waals surface area (Å²) < 4.78 is 118. The third-order valence-electron chi connectivity index (χ3n) is 2.56. The van der Waals surface area contributed by atoms with Gasteiger partial charge in [-0.05, 0) is 13.3 Å². The summed E-state index contributed by atoms with van der Waals surface area (Å²) in [5.41, 5.74) is -10.1. The molecule has 0 spiro atoms. The highest BCUT2D eigenvalue weighted by molar-refractivity contribution is 5.06. The van der Waals surface area contributed by atoms with Gasteiger partial charge in [0.15, 0.2) is 6.17 Å². The van der Waals surface area contributed by atoms with E-state index in [9.17, 15) is 39.5 Å². The molecule has 0 heterocycles. The quantitative estimate of drug-likeness (QED) is 0.523. The van der Waals surface area contributed by atoms with Gasteiger partial charge in [0, 0.05) is 6.61 Å². The monoisotopic (exact) mass is 320 g/mol. The molecular formula is C10H13F9O. The maximum Gasteiger partial charge on any atom is 0.427 e. The summed E-state index contributed by atoms with van der Waals surface area (Å²) in [5, 5.41) is 0. The van der Waals surface area contributed by atoms with Crippen LogP contribution in [0.2, 0.25) is 0 Å². The normalized spacial score (nSPS) is 21.1. The molecule has 0 aromatic heterocycles. The number of alkyl halides is 9. The van der Waals surface area contributed by atoms with E-state index in [1.807, 2.05) is 0 Å². The molecule has 0 saturated carbocycles. The molecule has 122 valence electrons. The molecule has 1 nitrogen and oxygen atoms in total. The van der Waals surface area contributed by atoms with Gasteiger partial charge in [-0.3, -0.25) is 0 Å². The molecule has 0 aliphatic rings. The summed E-state index contributed by atoms with van der Waals surface area (Å²) in [4.78, 5) is 0. The van der Waals surface area contributed by atoms with Crippen LogP contribution >= 0.6 is 0 Å².